The fraction of sp³-hybridized carbons (Fsp3) is 0.158. The van der Waals surface area contributed by atoms with Crippen LogP contribution >= 0.6 is 11.6 Å². The number of carbonyl (C=O) groups is 1. The highest BCUT2D eigenvalue weighted by Crippen LogP contribution is 2.32. The lowest BCUT2D eigenvalue weighted by atomic mass is 10.2. The van der Waals surface area contributed by atoms with Gasteiger partial charge in [0.1, 0.15) is 16.5 Å². The molecule has 1 heterocycles. The minimum Gasteiger partial charge on any atom is -0.493 e. The Kier molecular flexibility index (Phi) is 5.97. The van der Waals surface area contributed by atoms with E-state index in [1.54, 1.807) is 6.92 Å². The summed E-state index contributed by atoms with van der Waals surface area (Å²) in [6, 6.07) is 9.46. The molecule has 0 saturated heterocycles. The van der Waals surface area contributed by atoms with Gasteiger partial charge >= 0.3 is 6.61 Å². The second kappa shape index (κ2) is 8.44. The minimum absolute atomic E-state index is 0.0178. The third-order valence-corrected chi connectivity index (χ3v) is 4.29. The molecule has 0 saturated carbocycles. The number of benzene rings is 2. The molecule has 1 aromatic heterocycles. The van der Waals surface area contributed by atoms with Crippen LogP contribution in [0.25, 0.3) is 5.69 Å². The van der Waals surface area contributed by atoms with Crippen LogP contribution in [0.5, 0.6) is 11.5 Å². The molecule has 29 heavy (non-hydrogen) atoms. The average Bonchev–Trinajstić information content (AvgIpc) is 2.96. The number of anilines is 1. The van der Waals surface area contributed by atoms with Crippen LogP contribution in [0.15, 0.2) is 42.5 Å². The first-order valence-electron chi connectivity index (χ1n) is 8.25. The Bertz CT molecular complexity index is 1040. The molecule has 2 aromatic carbocycles. The van der Waals surface area contributed by atoms with Gasteiger partial charge < -0.3 is 14.8 Å². The molecule has 0 aliphatic rings. The SMILES string of the molecule is COc1ccc(NC(=O)c2c(C)nn(-c3ccc(F)cc3)c2Cl)cc1OC(F)F. The predicted octanol–water partition coefficient (Wildman–Crippen LogP) is 4.84. The zero-order valence-corrected chi connectivity index (χ0v) is 16.0. The fourth-order valence-electron chi connectivity index (χ4n) is 2.65. The summed E-state index contributed by atoms with van der Waals surface area (Å²) in [7, 11) is 1.30. The Morgan fingerprint density at radius 2 is 1.86 bits per heavy atom. The number of hydrogen-bond donors (Lipinski definition) is 1. The first-order valence-corrected chi connectivity index (χ1v) is 8.63. The second-order valence-corrected chi connectivity index (χ2v) is 6.20. The number of amides is 1. The lowest BCUT2D eigenvalue weighted by Gasteiger charge is -2.12. The van der Waals surface area contributed by atoms with E-state index in [1.165, 1.54) is 54.3 Å². The van der Waals surface area contributed by atoms with Crippen molar-refractivity contribution in [1.29, 1.82) is 0 Å². The Labute approximate surface area is 168 Å². The summed E-state index contributed by atoms with van der Waals surface area (Å²) in [5.41, 5.74) is 1.07. The quantitative estimate of drug-likeness (QED) is 0.614. The Morgan fingerprint density at radius 3 is 2.48 bits per heavy atom. The fourth-order valence-corrected chi connectivity index (χ4v) is 3.00. The molecule has 0 aliphatic carbocycles. The third-order valence-electron chi connectivity index (χ3n) is 3.94. The van der Waals surface area contributed by atoms with Gasteiger partial charge in [0, 0.05) is 11.8 Å². The van der Waals surface area contributed by atoms with Gasteiger partial charge in [-0.15, -0.1) is 0 Å². The molecular weight excluding hydrogens is 411 g/mol. The number of methoxy groups -OCH3 is 1. The van der Waals surface area contributed by atoms with E-state index in [9.17, 15) is 18.0 Å². The molecule has 6 nitrogen and oxygen atoms in total. The minimum atomic E-state index is -3.06. The summed E-state index contributed by atoms with van der Waals surface area (Å²) >= 11 is 6.31. The number of aryl methyl sites for hydroxylation is 1. The smallest absolute Gasteiger partial charge is 0.387 e. The molecule has 0 atom stereocenters. The second-order valence-electron chi connectivity index (χ2n) is 5.84. The maximum Gasteiger partial charge on any atom is 0.387 e. The highest BCUT2D eigenvalue weighted by Gasteiger charge is 2.22. The molecule has 0 fully saturated rings. The average molecular weight is 426 g/mol. The van der Waals surface area contributed by atoms with Crippen molar-refractivity contribution in [2.45, 2.75) is 13.5 Å². The van der Waals surface area contributed by atoms with Crippen molar-refractivity contribution in [1.82, 2.24) is 9.78 Å². The number of aromatic nitrogens is 2. The maximum absolute atomic E-state index is 13.1. The normalized spacial score (nSPS) is 10.9. The molecule has 0 radical (unpaired) electrons. The van der Waals surface area contributed by atoms with Gasteiger partial charge in [0.05, 0.1) is 18.5 Å². The molecule has 0 bridgehead atoms. The van der Waals surface area contributed by atoms with Crippen LogP contribution in [0, 0.1) is 12.7 Å². The Hall–Kier alpha value is -3.20. The van der Waals surface area contributed by atoms with E-state index in [0.717, 1.165) is 0 Å². The number of hydrogen-bond acceptors (Lipinski definition) is 4. The zero-order valence-electron chi connectivity index (χ0n) is 15.2. The van der Waals surface area contributed by atoms with Gasteiger partial charge in [-0.3, -0.25) is 4.79 Å². The summed E-state index contributed by atoms with van der Waals surface area (Å²) < 4.78 is 48.9. The summed E-state index contributed by atoms with van der Waals surface area (Å²) in [5, 5.41) is 6.79. The number of carbonyl (C=O) groups excluding carboxylic acids is 1. The molecule has 10 heteroatoms. The third kappa shape index (κ3) is 4.45. The molecule has 0 aliphatic heterocycles. The number of halogens is 4. The highest BCUT2D eigenvalue weighted by atomic mass is 35.5. The van der Waals surface area contributed by atoms with Crippen molar-refractivity contribution < 1.29 is 27.4 Å². The first kappa shape index (κ1) is 20.5. The van der Waals surface area contributed by atoms with E-state index in [0.29, 0.717) is 11.4 Å². The monoisotopic (exact) mass is 425 g/mol. The van der Waals surface area contributed by atoms with Crippen molar-refractivity contribution in [2.75, 3.05) is 12.4 Å². The van der Waals surface area contributed by atoms with E-state index in [-0.39, 0.29) is 27.9 Å². The van der Waals surface area contributed by atoms with E-state index < -0.39 is 18.3 Å². The zero-order chi connectivity index (χ0) is 21.1. The van der Waals surface area contributed by atoms with E-state index in [1.807, 2.05) is 0 Å². The van der Waals surface area contributed by atoms with Crippen molar-refractivity contribution in [2.24, 2.45) is 0 Å². The number of nitrogens with one attached hydrogen (secondary N) is 1. The first-order chi connectivity index (χ1) is 13.8. The van der Waals surface area contributed by atoms with E-state index in [4.69, 9.17) is 16.3 Å². The van der Waals surface area contributed by atoms with Gasteiger partial charge in [0.2, 0.25) is 0 Å². The van der Waals surface area contributed by atoms with Gasteiger partial charge in [-0.2, -0.15) is 13.9 Å². The van der Waals surface area contributed by atoms with Gasteiger partial charge in [0.15, 0.2) is 11.5 Å². The van der Waals surface area contributed by atoms with Gasteiger partial charge in [0.25, 0.3) is 5.91 Å². The van der Waals surface area contributed by atoms with Gasteiger partial charge in [-0.25, -0.2) is 9.07 Å². The van der Waals surface area contributed by atoms with Crippen molar-refractivity contribution in [3.8, 4) is 17.2 Å². The van der Waals surface area contributed by atoms with Crippen molar-refractivity contribution in [3.63, 3.8) is 0 Å². The molecule has 3 aromatic rings. The lowest BCUT2D eigenvalue weighted by molar-refractivity contribution is -0.0511. The van der Waals surface area contributed by atoms with Gasteiger partial charge in [-0.05, 0) is 43.3 Å². The van der Waals surface area contributed by atoms with Crippen LogP contribution in [-0.2, 0) is 0 Å². The number of ether oxygens (including phenoxy) is 2. The Morgan fingerprint density at radius 1 is 1.17 bits per heavy atom. The Balaban J connectivity index is 1.89. The van der Waals surface area contributed by atoms with Crippen molar-refractivity contribution >= 4 is 23.2 Å². The van der Waals surface area contributed by atoms with E-state index >= 15 is 0 Å². The van der Waals surface area contributed by atoms with Gasteiger partial charge in [-0.1, -0.05) is 11.6 Å². The summed E-state index contributed by atoms with van der Waals surface area (Å²) in [6.45, 7) is -1.47. The van der Waals surface area contributed by atoms with Crippen LogP contribution in [-0.4, -0.2) is 29.4 Å². The van der Waals surface area contributed by atoms with Crippen LogP contribution in [0.1, 0.15) is 16.1 Å². The molecule has 0 unspecified atom stereocenters. The topological polar surface area (TPSA) is 65.4 Å². The highest BCUT2D eigenvalue weighted by molar-refractivity contribution is 6.34. The molecule has 0 spiro atoms. The van der Waals surface area contributed by atoms with Crippen LogP contribution in [0.4, 0.5) is 18.9 Å². The summed E-state index contributed by atoms with van der Waals surface area (Å²) in [4.78, 5) is 12.7. The number of nitrogens with zero attached hydrogens (tertiary/aromatic N) is 2. The van der Waals surface area contributed by atoms with E-state index in [2.05, 4.69) is 15.2 Å². The molecule has 3 rings (SSSR count). The number of alkyl halides is 2. The summed E-state index contributed by atoms with van der Waals surface area (Å²) in [5.74, 6) is -1.17. The van der Waals surface area contributed by atoms with Crippen LogP contribution in [0.3, 0.4) is 0 Å². The van der Waals surface area contributed by atoms with Crippen molar-refractivity contribution in [3.05, 3.63) is 64.7 Å². The lowest BCUT2D eigenvalue weighted by Crippen LogP contribution is -2.13. The van der Waals surface area contributed by atoms with Crippen LogP contribution in [0.2, 0.25) is 5.15 Å². The molecule has 1 N–H and O–H groups in total. The van der Waals surface area contributed by atoms with Crippen LogP contribution < -0.4 is 14.8 Å². The predicted molar refractivity (Wildman–Crippen MR) is 101 cm³/mol. The maximum atomic E-state index is 13.1. The number of rotatable bonds is 6. The molecule has 1 amide bonds. The summed E-state index contributed by atoms with van der Waals surface area (Å²) in [6.07, 6.45) is 0. The largest absolute Gasteiger partial charge is 0.493 e. The standard InChI is InChI=1S/C19H15ClF3N3O3/c1-10-16(17(20)26(25-10)13-6-3-11(21)4-7-13)18(27)24-12-5-8-14(28-2)15(9-12)29-19(22)23/h3-9,19H,1-2H3,(H,24,27). The molecular formula is C19H15ClF3N3O3. The molecule has 152 valence electrons.